The maximum absolute atomic E-state index is 12.4. The first kappa shape index (κ1) is 22.9. The summed E-state index contributed by atoms with van der Waals surface area (Å²) < 4.78 is 24.8. The fourth-order valence-corrected chi connectivity index (χ4v) is 4.85. The van der Waals surface area contributed by atoms with Crippen molar-refractivity contribution in [2.24, 2.45) is 5.92 Å². The summed E-state index contributed by atoms with van der Waals surface area (Å²) in [6.07, 6.45) is 12.3. The molecule has 0 aromatic heterocycles. The second-order valence-corrected chi connectivity index (χ2v) is 9.41. The van der Waals surface area contributed by atoms with E-state index in [-0.39, 0.29) is 0 Å². The third-order valence-corrected chi connectivity index (χ3v) is 6.85. The van der Waals surface area contributed by atoms with Crippen molar-refractivity contribution in [3.63, 3.8) is 0 Å². The van der Waals surface area contributed by atoms with Crippen molar-refractivity contribution in [2.75, 3.05) is 0 Å². The molecular formula is C27H32F2S. The van der Waals surface area contributed by atoms with E-state index in [4.69, 9.17) is 0 Å². The van der Waals surface area contributed by atoms with Crippen LogP contribution >= 0.6 is 11.8 Å². The summed E-state index contributed by atoms with van der Waals surface area (Å²) in [6.45, 7) is 2.28. The van der Waals surface area contributed by atoms with Crippen LogP contribution in [0, 0.1) is 17.8 Å². The zero-order chi connectivity index (χ0) is 21.2. The topological polar surface area (TPSA) is 0 Å². The lowest BCUT2D eigenvalue weighted by atomic mass is 9.77. The van der Waals surface area contributed by atoms with Crippen molar-refractivity contribution in [1.82, 2.24) is 0 Å². The van der Waals surface area contributed by atoms with Crippen molar-refractivity contribution in [1.29, 1.82) is 0 Å². The number of hydrogen-bond acceptors (Lipinski definition) is 1. The molecule has 0 bridgehead atoms. The number of hydrogen-bond donors (Lipinski definition) is 0. The van der Waals surface area contributed by atoms with Gasteiger partial charge >= 0.3 is 0 Å². The van der Waals surface area contributed by atoms with Crippen LogP contribution in [0.25, 0.3) is 0 Å². The van der Waals surface area contributed by atoms with Crippen LogP contribution in [0.5, 0.6) is 0 Å². The minimum Gasteiger partial charge on any atom is -0.198 e. The number of benzene rings is 2. The Morgan fingerprint density at radius 2 is 1.43 bits per heavy atom. The van der Waals surface area contributed by atoms with Gasteiger partial charge in [0.2, 0.25) is 0 Å². The molecule has 1 aliphatic rings. The van der Waals surface area contributed by atoms with Gasteiger partial charge in [-0.25, -0.2) is 0 Å². The van der Waals surface area contributed by atoms with E-state index in [9.17, 15) is 8.78 Å². The highest BCUT2D eigenvalue weighted by Gasteiger charge is 2.21. The average molecular weight is 427 g/mol. The minimum absolute atomic E-state index is 0.561. The Balaban J connectivity index is 1.48. The molecule has 160 valence electrons. The fourth-order valence-electron chi connectivity index (χ4n) is 4.35. The summed E-state index contributed by atoms with van der Waals surface area (Å²) in [4.78, 5) is 0.565. The molecule has 0 heterocycles. The minimum atomic E-state index is -2.39. The van der Waals surface area contributed by atoms with Gasteiger partial charge in [-0.3, -0.25) is 0 Å². The van der Waals surface area contributed by atoms with Crippen LogP contribution in [-0.4, -0.2) is 5.76 Å². The molecule has 0 aliphatic heterocycles. The second-order valence-electron chi connectivity index (χ2n) is 8.34. The smallest absolute Gasteiger partial charge is 0.198 e. The van der Waals surface area contributed by atoms with Gasteiger partial charge in [0, 0.05) is 16.0 Å². The van der Waals surface area contributed by atoms with E-state index in [1.807, 2.05) is 0 Å². The number of rotatable bonds is 8. The van der Waals surface area contributed by atoms with Gasteiger partial charge in [0.15, 0.2) is 0 Å². The zero-order valence-corrected chi connectivity index (χ0v) is 18.7. The third-order valence-electron chi connectivity index (χ3n) is 6.13. The molecule has 1 saturated carbocycles. The number of alkyl halides is 2. The molecule has 0 saturated heterocycles. The van der Waals surface area contributed by atoms with Gasteiger partial charge in [-0.1, -0.05) is 74.8 Å². The van der Waals surface area contributed by atoms with Crippen LogP contribution in [0.2, 0.25) is 0 Å². The Labute approximate surface area is 184 Å². The average Bonchev–Trinajstić information content (AvgIpc) is 2.77. The predicted molar refractivity (Wildman–Crippen MR) is 124 cm³/mol. The van der Waals surface area contributed by atoms with Gasteiger partial charge in [-0.05, 0) is 79.5 Å². The molecule has 0 atom stereocenters. The molecule has 0 amide bonds. The highest BCUT2D eigenvalue weighted by atomic mass is 32.2. The van der Waals surface area contributed by atoms with Crippen molar-refractivity contribution >= 4 is 11.8 Å². The van der Waals surface area contributed by atoms with Crippen LogP contribution in [0.1, 0.15) is 87.3 Å². The molecule has 0 spiro atoms. The molecule has 2 aromatic rings. The molecule has 0 N–H and O–H groups in total. The standard InChI is InChI=1S/C27H32F2S/c1-2-3-4-5-6-21-9-15-24(16-10-21)25-17-11-22(12-18-25)7-8-23-13-19-26(20-14-23)30-27(28)29/h11-14,17-21,24,27H,2-6,9-10,15-16H2,1H3/t21-,24-. The first-order chi connectivity index (χ1) is 14.6. The molecular weight excluding hydrogens is 394 g/mol. The Bertz CT molecular complexity index is 807. The van der Waals surface area contributed by atoms with Crippen LogP contribution in [0.3, 0.4) is 0 Å². The molecule has 30 heavy (non-hydrogen) atoms. The molecule has 3 rings (SSSR count). The predicted octanol–water partition coefficient (Wildman–Crippen LogP) is 8.65. The lowest BCUT2D eigenvalue weighted by Crippen LogP contribution is -2.13. The van der Waals surface area contributed by atoms with Crippen molar-refractivity contribution < 1.29 is 8.78 Å². The molecule has 0 radical (unpaired) electrons. The van der Waals surface area contributed by atoms with Crippen molar-refractivity contribution in [3.8, 4) is 11.8 Å². The monoisotopic (exact) mass is 426 g/mol. The normalized spacial score (nSPS) is 18.8. The van der Waals surface area contributed by atoms with Gasteiger partial charge in [0.1, 0.15) is 0 Å². The van der Waals surface area contributed by atoms with E-state index >= 15 is 0 Å². The Hall–Kier alpha value is -1.79. The lowest BCUT2D eigenvalue weighted by Gasteiger charge is -2.29. The molecule has 1 fully saturated rings. The van der Waals surface area contributed by atoms with Gasteiger partial charge in [-0.2, -0.15) is 8.78 Å². The highest BCUT2D eigenvalue weighted by molar-refractivity contribution is 7.99. The van der Waals surface area contributed by atoms with Crippen molar-refractivity contribution in [3.05, 3.63) is 65.2 Å². The summed E-state index contributed by atoms with van der Waals surface area (Å²) in [6, 6.07) is 15.7. The van der Waals surface area contributed by atoms with E-state index in [2.05, 4.69) is 43.0 Å². The Kier molecular flexibility index (Phi) is 9.27. The molecule has 2 aromatic carbocycles. The summed E-state index contributed by atoms with van der Waals surface area (Å²) in [7, 11) is 0. The lowest BCUT2D eigenvalue weighted by molar-refractivity contribution is 0.252. The molecule has 3 heteroatoms. The largest absolute Gasteiger partial charge is 0.288 e. The first-order valence-electron chi connectivity index (χ1n) is 11.3. The van der Waals surface area contributed by atoms with E-state index in [0.29, 0.717) is 22.6 Å². The van der Waals surface area contributed by atoms with E-state index in [0.717, 1.165) is 17.0 Å². The SMILES string of the molecule is CCCCCC[C@H]1CC[C@H](c2ccc(C#Cc3ccc(SC(F)F)cc3)cc2)CC1. The van der Waals surface area contributed by atoms with Crippen LogP contribution in [0.15, 0.2) is 53.4 Å². The zero-order valence-electron chi connectivity index (χ0n) is 17.9. The first-order valence-corrected chi connectivity index (χ1v) is 12.2. The van der Waals surface area contributed by atoms with E-state index in [1.54, 1.807) is 24.3 Å². The van der Waals surface area contributed by atoms with Crippen LogP contribution in [-0.2, 0) is 0 Å². The number of unbranched alkanes of at least 4 members (excludes halogenated alkanes) is 3. The fraction of sp³-hybridized carbons (Fsp3) is 0.481. The van der Waals surface area contributed by atoms with Gasteiger partial charge < -0.3 is 0 Å². The van der Waals surface area contributed by atoms with E-state index < -0.39 is 5.76 Å². The molecule has 1 aliphatic carbocycles. The van der Waals surface area contributed by atoms with Gasteiger partial charge in [0.05, 0.1) is 0 Å². The summed E-state index contributed by atoms with van der Waals surface area (Å²) in [5.74, 6) is 5.56. The summed E-state index contributed by atoms with van der Waals surface area (Å²) >= 11 is 0.561. The maximum Gasteiger partial charge on any atom is 0.288 e. The summed E-state index contributed by atoms with van der Waals surface area (Å²) in [5, 5.41) is 0. The number of halogens is 2. The van der Waals surface area contributed by atoms with Gasteiger partial charge in [0.25, 0.3) is 5.76 Å². The summed E-state index contributed by atoms with van der Waals surface area (Å²) in [5.41, 5.74) is 3.28. The quantitative estimate of drug-likeness (QED) is 0.231. The molecule has 0 unspecified atom stereocenters. The highest BCUT2D eigenvalue weighted by Crippen LogP contribution is 2.37. The second kappa shape index (κ2) is 12.2. The van der Waals surface area contributed by atoms with Crippen molar-refractivity contribution in [2.45, 2.75) is 81.3 Å². The van der Waals surface area contributed by atoms with E-state index in [1.165, 1.54) is 63.4 Å². The molecule has 0 nitrogen and oxygen atoms in total. The Morgan fingerprint density at radius 3 is 2.00 bits per heavy atom. The number of thioether (sulfide) groups is 1. The van der Waals surface area contributed by atoms with Crippen LogP contribution < -0.4 is 0 Å². The third kappa shape index (κ3) is 7.47. The van der Waals surface area contributed by atoms with Gasteiger partial charge in [-0.15, -0.1) is 0 Å². The Morgan fingerprint density at radius 1 is 0.833 bits per heavy atom. The van der Waals surface area contributed by atoms with Crippen LogP contribution in [0.4, 0.5) is 8.78 Å². The maximum atomic E-state index is 12.4.